The fourth-order valence-electron chi connectivity index (χ4n) is 1.41. The van der Waals surface area contributed by atoms with Crippen molar-refractivity contribution in [3.8, 4) is 0 Å². The van der Waals surface area contributed by atoms with Crippen molar-refractivity contribution in [2.75, 3.05) is 0 Å². The summed E-state index contributed by atoms with van der Waals surface area (Å²) < 4.78 is 0. The van der Waals surface area contributed by atoms with E-state index >= 15 is 0 Å². The van der Waals surface area contributed by atoms with Gasteiger partial charge in [0.2, 0.25) is 0 Å². The number of hydrogen-bond donors (Lipinski definition) is 0. The Balaban J connectivity index is 2.67. The highest BCUT2D eigenvalue weighted by Gasteiger charge is 2.00. The Morgan fingerprint density at radius 1 is 1.36 bits per heavy atom. The molecule has 0 amide bonds. The van der Waals surface area contributed by atoms with Crippen LogP contribution in [0.1, 0.15) is 39.5 Å². The Morgan fingerprint density at radius 2 is 2.09 bits per heavy atom. The molecule has 0 unspecified atom stereocenters. The second-order valence-corrected chi connectivity index (χ2v) is 3.12. The standard InChI is InChI=1S/C11H16/c1-3-7-11-9-6-4-5-8-10(11)2/h5-6H,3,7-9H2,1-2H3. The van der Waals surface area contributed by atoms with Crippen LogP contribution in [0.4, 0.5) is 0 Å². The van der Waals surface area contributed by atoms with Crippen molar-refractivity contribution >= 4 is 0 Å². The first-order valence-electron chi connectivity index (χ1n) is 4.41. The van der Waals surface area contributed by atoms with Crippen molar-refractivity contribution in [2.45, 2.75) is 39.5 Å². The molecule has 11 heavy (non-hydrogen) atoms. The SMILES string of the molecule is CCCC1=C(C)CC=C=CC1. The maximum absolute atomic E-state index is 3.17. The zero-order valence-corrected chi connectivity index (χ0v) is 7.48. The summed E-state index contributed by atoms with van der Waals surface area (Å²) in [6.45, 7) is 4.48. The molecule has 0 aromatic rings. The highest BCUT2D eigenvalue weighted by Crippen LogP contribution is 2.19. The summed E-state index contributed by atoms with van der Waals surface area (Å²) in [5.41, 5.74) is 6.34. The molecule has 0 heterocycles. The maximum Gasteiger partial charge on any atom is -0.00600 e. The molecule has 0 bridgehead atoms. The fourth-order valence-corrected chi connectivity index (χ4v) is 1.41. The van der Waals surface area contributed by atoms with Gasteiger partial charge < -0.3 is 0 Å². The average Bonchev–Trinajstić information content (AvgIpc) is 2.18. The number of hydrogen-bond acceptors (Lipinski definition) is 0. The van der Waals surface area contributed by atoms with Gasteiger partial charge >= 0.3 is 0 Å². The summed E-state index contributed by atoms with van der Waals surface area (Å²) in [6.07, 6.45) is 9.01. The molecule has 1 aliphatic rings. The zero-order chi connectivity index (χ0) is 8.10. The van der Waals surface area contributed by atoms with E-state index in [9.17, 15) is 0 Å². The lowest BCUT2D eigenvalue weighted by molar-refractivity contribution is 0.858. The van der Waals surface area contributed by atoms with E-state index in [-0.39, 0.29) is 0 Å². The number of allylic oxidation sites excluding steroid dienone is 3. The van der Waals surface area contributed by atoms with Gasteiger partial charge in [0.25, 0.3) is 0 Å². The predicted molar refractivity (Wildman–Crippen MR) is 49.5 cm³/mol. The van der Waals surface area contributed by atoms with Gasteiger partial charge in [-0.3, -0.25) is 0 Å². The van der Waals surface area contributed by atoms with Crippen LogP contribution < -0.4 is 0 Å². The van der Waals surface area contributed by atoms with Gasteiger partial charge in [-0.1, -0.05) is 24.5 Å². The van der Waals surface area contributed by atoms with Crippen LogP contribution >= 0.6 is 0 Å². The molecule has 0 radical (unpaired) electrons. The molecule has 0 N–H and O–H groups in total. The molecule has 0 atom stereocenters. The van der Waals surface area contributed by atoms with Crippen LogP contribution in [-0.2, 0) is 0 Å². The summed E-state index contributed by atoms with van der Waals surface area (Å²) in [5, 5.41) is 0. The second kappa shape index (κ2) is 4.20. The van der Waals surface area contributed by atoms with E-state index in [1.165, 1.54) is 12.8 Å². The molecule has 60 valence electrons. The normalized spacial score (nSPS) is 17.3. The van der Waals surface area contributed by atoms with E-state index in [0.29, 0.717) is 0 Å². The predicted octanol–water partition coefficient (Wildman–Crippen LogP) is 3.61. The molecule has 1 rings (SSSR count). The summed E-state index contributed by atoms with van der Waals surface area (Å²) in [5.74, 6) is 0. The largest absolute Gasteiger partial charge is 0.129 e. The van der Waals surface area contributed by atoms with Crippen LogP contribution in [0.5, 0.6) is 0 Å². The van der Waals surface area contributed by atoms with Crippen LogP contribution in [0.2, 0.25) is 0 Å². The van der Waals surface area contributed by atoms with Crippen LogP contribution in [0.25, 0.3) is 0 Å². The molecular formula is C11H16. The van der Waals surface area contributed by atoms with E-state index in [1.807, 2.05) is 0 Å². The molecular weight excluding hydrogens is 132 g/mol. The minimum absolute atomic E-state index is 1.10. The molecule has 1 aliphatic carbocycles. The lowest BCUT2D eigenvalue weighted by Crippen LogP contribution is -1.85. The number of rotatable bonds is 2. The smallest absolute Gasteiger partial charge is 0.00600 e. The quantitative estimate of drug-likeness (QED) is 0.414. The first-order chi connectivity index (χ1) is 5.34. The minimum atomic E-state index is 1.10. The van der Waals surface area contributed by atoms with E-state index in [0.717, 1.165) is 12.8 Å². The van der Waals surface area contributed by atoms with Gasteiger partial charge in [-0.25, -0.2) is 0 Å². The van der Waals surface area contributed by atoms with Crippen molar-refractivity contribution < 1.29 is 0 Å². The van der Waals surface area contributed by atoms with Gasteiger partial charge in [-0.15, -0.1) is 5.73 Å². The molecule has 0 nitrogen and oxygen atoms in total. The third-order valence-electron chi connectivity index (χ3n) is 2.15. The first kappa shape index (κ1) is 8.36. The van der Waals surface area contributed by atoms with Crippen molar-refractivity contribution in [1.82, 2.24) is 0 Å². The van der Waals surface area contributed by atoms with Crippen LogP contribution in [0, 0.1) is 0 Å². The van der Waals surface area contributed by atoms with Crippen molar-refractivity contribution in [1.29, 1.82) is 0 Å². The maximum atomic E-state index is 3.17. The van der Waals surface area contributed by atoms with Gasteiger partial charge in [-0.2, -0.15) is 0 Å². The Bertz CT molecular complexity index is 212. The van der Waals surface area contributed by atoms with E-state index in [1.54, 1.807) is 11.1 Å². The summed E-state index contributed by atoms with van der Waals surface area (Å²) in [4.78, 5) is 0. The molecule has 0 saturated heterocycles. The van der Waals surface area contributed by atoms with Gasteiger partial charge in [-0.05, 0) is 38.3 Å². The Kier molecular flexibility index (Phi) is 3.19. The van der Waals surface area contributed by atoms with Gasteiger partial charge in [0, 0.05) is 0 Å². The topological polar surface area (TPSA) is 0 Å². The van der Waals surface area contributed by atoms with E-state index in [4.69, 9.17) is 0 Å². The minimum Gasteiger partial charge on any atom is -0.129 e. The Morgan fingerprint density at radius 3 is 2.82 bits per heavy atom. The van der Waals surface area contributed by atoms with Crippen molar-refractivity contribution in [2.24, 2.45) is 0 Å². The van der Waals surface area contributed by atoms with Gasteiger partial charge in [0.05, 0.1) is 0 Å². The highest BCUT2D eigenvalue weighted by molar-refractivity contribution is 5.20. The van der Waals surface area contributed by atoms with E-state index in [2.05, 4.69) is 31.7 Å². The summed E-state index contributed by atoms with van der Waals surface area (Å²) in [7, 11) is 0. The fraction of sp³-hybridized carbons (Fsp3) is 0.545. The summed E-state index contributed by atoms with van der Waals surface area (Å²) in [6, 6.07) is 0. The molecule has 0 aliphatic heterocycles. The Hall–Kier alpha value is -0.740. The molecule has 0 spiro atoms. The summed E-state index contributed by atoms with van der Waals surface area (Å²) >= 11 is 0. The molecule has 0 aromatic heterocycles. The van der Waals surface area contributed by atoms with Crippen molar-refractivity contribution in [3.05, 3.63) is 29.0 Å². The van der Waals surface area contributed by atoms with Crippen molar-refractivity contribution in [3.63, 3.8) is 0 Å². The van der Waals surface area contributed by atoms with Gasteiger partial charge in [0.15, 0.2) is 0 Å². The first-order valence-corrected chi connectivity index (χ1v) is 4.41. The lowest BCUT2D eigenvalue weighted by Gasteiger charge is -2.05. The molecule has 0 fully saturated rings. The van der Waals surface area contributed by atoms with Crippen LogP contribution in [-0.4, -0.2) is 0 Å². The van der Waals surface area contributed by atoms with Crippen LogP contribution in [0.3, 0.4) is 0 Å². The Labute approximate surface area is 69.3 Å². The van der Waals surface area contributed by atoms with E-state index < -0.39 is 0 Å². The monoisotopic (exact) mass is 148 g/mol. The highest BCUT2D eigenvalue weighted by atomic mass is 14.1. The molecule has 0 heteroatoms. The van der Waals surface area contributed by atoms with Crippen LogP contribution in [0.15, 0.2) is 29.0 Å². The molecule has 0 saturated carbocycles. The zero-order valence-electron chi connectivity index (χ0n) is 7.48. The average molecular weight is 148 g/mol. The van der Waals surface area contributed by atoms with Gasteiger partial charge in [0.1, 0.15) is 0 Å². The second-order valence-electron chi connectivity index (χ2n) is 3.12. The lowest BCUT2D eigenvalue weighted by atomic mass is 10.0. The third-order valence-corrected chi connectivity index (χ3v) is 2.15. The third kappa shape index (κ3) is 2.40. The molecule has 0 aromatic carbocycles.